The van der Waals surface area contributed by atoms with Crippen molar-refractivity contribution in [1.82, 2.24) is 0 Å². The summed E-state index contributed by atoms with van der Waals surface area (Å²) in [5.74, 6) is 2.62. The van der Waals surface area contributed by atoms with Crippen LogP contribution in [0.15, 0.2) is 24.3 Å². The molecule has 0 aliphatic heterocycles. The lowest BCUT2D eigenvalue weighted by molar-refractivity contribution is 0.132. The number of rotatable bonds is 0. The molecule has 1 N–H and O–H groups in total. The summed E-state index contributed by atoms with van der Waals surface area (Å²) in [6.07, 6.45) is 9.94. The minimum Gasteiger partial charge on any atom is -0.389 e. The van der Waals surface area contributed by atoms with Gasteiger partial charge in [-0.05, 0) is 24.2 Å². The first kappa shape index (κ1) is 6.01. The molecule has 0 saturated heterocycles. The van der Waals surface area contributed by atoms with Crippen molar-refractivity contribution >= 4 is 0 Å². The predicted octanol–water partition coefficient (Wildman–Crippen LogP) is 1.36. The Labute approximate surface area is 66.4 Å². The fraction of sp³-hybridized carbons (Fsp3) is 0.600. The molecule has 3 rings (SSSR count). The van der Waals surface area contributed by atoms with E-state index < -0.39 is 0 Å². The Morgan fingerprint density at radius 3 is 2.64 bits per heavy atom. The molecule has 0 heterocycles. The number of hydrogen-bond acceptors (Lipinski definition) is 1. The number of hydrogen-bond donors (Lipinski definition) is 1. The van der Waals surface area contributed by atoms with Crippen LogP contribution in [0.4, 0.5) is 0 Å². The molecular weight excluding hydrogens is 136 g/mol. The smallest absolute Gasteiger partial charge is 0.0760 e. The average molecular weight is 148 g/mol. The van der Waals surface area contributed by atoms with Crippen molar-refractivity contribution in [3.05, 3.63) is 24.3 Å². The molecular formula is C10H12O. The van der Waals surface area contributed by atoms with Crippen molar-refractivity contribution in [3.8, 4) is 0 Å². The van der Waals surface area contributed by atoms with Crippen LogP contribution in [0.2, 0.25) is 0 Å². The van der Waals surface area contributed by atoms with Crippen molar-refractivity contribution in [2.24, 2.45) is 23.7 Å². The lowest BCUT2D eigenvalue weighted by Crippen LogP contribution is -2.23. The molecule has 1 heteroatoms. The van der Waals surface area contributed by atoms with E-state index in [1.54, 1.807) is 0 Å². The molecule has 2 bridgehead atoms. The van der Waals surface area contributed by atoms with Gasteiger partial charge in [-0.15, -0.1) is 0 Å². The molecule has 5 atom stereocenters. The molecule has 1 nitrogen and oxygen atoms in total. The molecule has 0 aromatic rings. The van der Waals surface area contributed by atoms with Crippen molar-refractivity contribution in [1.29, 1.82) is 0 Å². The third kappa shape index (κ3) is 0.603. The molecule has 58 valence electrons. The standard InChI is InChI=1S/C10H12O/c11-9-4-3-8-6-1-2-7(5-6)10(8)9/h1-4,6-11H,5H2/t6-,7+,8?,9?,10?/m1/s1. The van der Waals surface area contributed by atoms with E-state index in [1.807, 2.05) is 6.08 Å². The van der Waals surface area contributed by atoms with Crippen LogP contribution in [-0.4, -0.2) is 11.2 Å². The quantitative estimate of drug-likeness (QED) is 0.514. The van der Waals surface area contributed by atoms with E-state index in [4.69, 9.17) is 0 Å². The highest BCUT2D eigenvalue weighted by atomic mass is 16.3. The first-order valence-electron chi connectivity index (χ1n) is 4.41. The largest absolute Gasteiger partial charge is 0.389 e. The molecule has 0 aromatic carbocycles. The van der Waals surface area contributed by atoms with Gasteiger partial charge in [0.05, 0.1) is 6.10 Å². The predicted molar refractivity (Wildman–Crippen MR) is 42.9 cm³/mol. The summed E-state index contributed by atoms with van der Waals surface area (Å²) in [5.41, 5.74) is 0. The maximum atomic E-state index is 9.60. The second kappa shape index (κ2) is 1.78. The highest BCUT2D eigenvalue weighted by molar-refractivity contribution is 5.24. The third-order valence-electron chi connectivity index (χ3n) is 3.51. The van der Waals surface area contributed by atoms with Crippen molar-refractivity contribution in [3.63, 3.8) is 0 Å². The van der Waals surface area contributed by atoms with Gasteiger partial charge in [-0.25, -0.2) is 0 Å². The SMILES string of the molecule is OC1C=CC2C1[C@H]1C=C[C@@H]2C1. The van der Waals surface area contributed by atoms with Crippen LogP contribution in [0, 0.1) is 23.7 Å². The molecule has 0 aromatic heterocycles. The second-order valence-corrected chi connectivity index (χ2v) is 3.98. The maximum absolute atomic E-state index is 9.60. The molecule has 1 fully saturated rings. The average Bonchev–Trinajstić information content (AvgIpc) is 2.60. The van der Waals surface area contributed by atoms with Crippen LogP contribution in [0.3, 0.4) is 0 Å². The van der Waals surface area contributed by atoms with Gasteiger partial charge in [0.1, 0.15) is 0 Å². The zero-order valence-electron chi connectivity index (χ0n) is 6.35. The summed E-state index contributed by atoms with van der Waals surface area (Å²) in [7, 11) is 0. The first-order valence-corrected chi connectivity index (χ1v) is 4.41. The number of fused-ring (bicyclic) bond motifs is 5. The van der Waals surface area contributed by atoms with Crippen LogP contribution < -0.4 is 0 Å². The van der Waals surface area contributed by atoms with Gasteiger partial charge in [0, 0.05) is 5.92 Å². The van der Waals surface area contributed by atoms with Gasteiger partial charge in [0.2, 0.25) is 0 Å². The topological polar surface area (TPSA) is 20.2 Å². The van der Waals surface area contributed by atoms with E-state index in [2.05, 4.69) is 18.2 Å². The van der Waals surface area contributed by atoms with Crippen molar-refractivity contribution in [2.45, 2.75) is 12.5 Å². The molecule has 1 saturated carbocycles. The minimum absolute atomic E-state index is 0.153. The van der Waals surface area contributed by atoms with Crippen LogP contribution in [0.25, 0.3) is 0 Å². The molecule has 0 radical (unpaired) electrons. The van der Waals surface area contributed by atoms with E-state index in [0.717, 1.165) is 5.92 Å². The molecule has 3 aliphatic rings. The summed E-state index contributed by atoms with van der Waals surface area (Å²) in [6, 6.07) is 0. The van der Waals surface area contributed by atoms with E-state index in [-0.39, 0.29) is 6.10 Å². The van der Waals surface area contributed by atoms with Gasteiger partial charge in [-0.3, -0.25) is 0 Å². The van der Waals surface area contributed by atoms with Gasteiger partial charge in [0.25, 0.3) is 0 Å². The van der Waals surface area contributed by atoms with Crippen LogP contribution >= 0.6 is 0 Å². The summed E-state index contributed by atoms with van der Waals surface area (Å²) in [5, 5.41) is 9.60. The van der Waals surface area contributed by atoms with Gasteiger partial charge < -0.3 is 5.11 Å². The van der Waals surface area contributed by atoms with E-state index in [0.29, 0.717) is 17.8 Å². The van der Waals surface area contributed by atoms with Crippen LogP contribution in [0.1, 0.15) is 6.42 Å². The van der Waals surface area contributed by atoms with E-state index in [9.17, 15) is 5.11 Å². The Kier molecular flexibility index (Phi) is 0.972. The zero-order valence-corrected chi connectivity index (χ0v) is 6.35. The Morgan fingerprint density at radius 2 is 1.82 bits per heavy atom. The first-order chi connectivity index (χ1) is 5.36. The van der Waals surface area contributed by atoms with Gasteiger partial charge >= 0.3 is 0 Å². The lowest BCUT2D eigenvalue weighted by Gasteiger charge is -2.22. The highest BCUT2D eigenvalue weighted by Gasteiger charge is 2.48. The fourth-order valence-corrected chi connectivity index (χ4v) is 3.02. The second-order valence-electron chi connectivity index (χ2n) is 3.98. The highest BCUT2D eigenvalue weighted by Crippen LogP contribution is 2.52. The number of allylic oxidation sites excluding steroid dienone is 3. The number of aliphatic hydroxyl groups excluding tert-OH is 1. The summed E-state index contributed by atoms with van der Waals surface area (Å²) >= 11 is 0. The lowest BCUT2D eigenvalue weighted by atomic mass is 9.84. The molecule has 3 unspecified atom stereocenters. The van der Waals surface area contributed by atoms with Gasteiger partial charge in [-0.2, -0.15) is 0 Å². The van der Waals surface area contributed by atoms with Crippen LogP contribution in [-0.2, 0) is 0 Å². The Balaban J connectivity index is 2.02. The van der Waals surface area contributed by atoms with Crippen LogP contribution in [0.5, 0.6) is 0 Å². The van der Waals surface area contributed by atoms with Gasteiger partial charge in [0.15, 0.2) is 0 Å². The summed E-state index contributed by atoms with van der Waals surface area (Å²) < 4.78 is 0. The van der Waals surface area contributed by atoms with Crippen molar-refractivity contribution in [2.75, 3.05) is 0 Å². The molecule has 0 amide bonds. The molecule has 3 aliphatic carbocycles. The van der Waals surface area contributed by atoms with E-state index >= 15 is 0 Å². The summed E-state index contributed by atoms with van der Waals surface area (Å²) in [6.45, 7) is 0. The molecule has 11 heavy (non-hydrogen) atoms. The zero-order chi connectivity index (χ0) is 7.42. The van der Waals surface area contributed by atoms with Gasteiger partial charge in [-0.1, -0.05) is 24.3 Å². The van der Waals surface area contributed by atoms with Crippen molar-refractivity contribution < 1.29 is 5.11 Å². The monoisotopic (exact) mass is 148 g/mol. The maximum Gasteiger partial charge on any atom is 0.0760 e. The third-order valence-corrected chi connectivity index (χ3v) is 3.51. The van der Waals surface area contributed by atoms with E-state index in [1.165, 1.54) is 6.42 Å². The Hall–Kier alpha value is -0.560. The Morgan fingerprint density at radius 1 is 1.00 bits per heavy atom. The molecule has 0 spiro atoms. The minimum atomic E-state index is -0.153. The summed E-state index contributed by atoms with van der Waals surface area (Å²) in [4.78, 5) is 0. The fourth-order valence-electron chi connectivity index (χ4n) is 3.02. The number of aliphatic hydroxyl groups is 1. The Bertz CT molecular complexity index is 241. The normalized spacial score (nSPS) is 57.4.